The molecule has 0 bridgehead atoms. The number of phenols is 1. The van der Waals surface area contributed by atoms with Gasteiger partial charge in [-0.1, -0.05) is 13.8 Å². The summed E-state index contributed by atoms with van der Waals surface area (Å²) in [5.41, 5.74) is 3.05. The summed E-state index contributed by atoms with van der Waals surface area (Å²) in [6, 6.07) is 9.28. The van der Waals surface area contributed by atoms with Crippen molar-refractivity contribution in [1.29, 1.82) is 0 Å². The van der Waals surface area contributed by atoms with Gasteiger partial charge in [-0.25, -0.2) is 9.18 Å². The maximum Gasteiger partial charge on any atom is 0.374 e. The maximum atomic E-state index is 13.8. The lowest BCUT2D eigenvalue weighted by Gasteiger charge is -2.17. The lowest BCUT2D eigenvalue weighted by Crippen LogP contribution is -2.28. The average Bonchev–Trinajstić information content (AvgIpc) is 2.96. The number of aryl methyl sites for hydroxylation is 2. The molecule has 3 rings (SSSR count). The van der Waals surface area contributed by atoms with Gasteiger partial charge in [-0.3, -0.25) is 0 Å². The largest absolute Gasteiger partial charge is 0.508 e. The van der Waals surface area contributed by atoms with E-state index in [2.05, 4.69) is 0 Å². The molecule has 7 heteroatoms. The van der Waals surface area contributed by atoms with Crippen molar-refractivity contribution in [2.75, 3.05) is 0 Å². The maximum absolute atomic E-state index is 13.8. The molecule has 154 valence electrons. The highest BCUT2D eigenvalue weighted by molar-refractivity contribution is 5.89. The molecule has 0 amide bonds. The van der Waals surface area contributed by atoms with Crippen LogP contribution in [0.5, 0.6) is 5.75 Å². The van der Waals surface area contributed by atoms with Crippen LogP contribution in [0.1, 0.15) is 43.0 Å². The molecule has 0 aliphatic heterocycles. The Hall–Kier alpha value is -2.96. The van der Waals surface area contributed by atoms with Crippen LogP contribution in [-0.2, 0) is 11.2 Å². The van der Waals surface area contributed by atoms with E-state index in [1.807, 2.05) is 18.4 Å². The second kappa shape index (κ2) is 7.46. The number of rotatable bonds is 6. The average molecular weight is 405 g/mol. The Morgan fingerprint density at radius 2 is 1.86 bits per heavy atom. The summed E-state index contributed by atoms with van der Waals surface area (Å²) in [7, 11) is 0. The van der Waals surface area contributed by atoms with Crippen LogP contribution in [0.25, 0.3) is 16.6 Å². The minimum absolute atomic E-state index is 0.0218. The topological polar surface area (TPSA) is 62.5 Å². The molecule has 0 unspecified atom stereocenters. The number of carbonyl (C=O) groups is 1. The standard InChI is InChI=1S/C22H22F3NO3/c1-12(2)20-16(8-9-22(24,25)21(28)29)17-11-15(27)5-7-19(17)26(20)14-4-6-18(23)13(3)10-14/h4-7,10-12,27H,8-9H2,1-3H3,(H,28,29). The van der Waals surface area contributed by atoms with Crippen molar-refractivity contribution in [3.05, 3.63) is 59.0 Å². The number of alkyl halides is 2. The fourth-order valence-electron chi connectivity index (χ4n) is 3.67. The predicted octanol–water partition coefficient (Wildman–Crippen LogP) is 5.56. The summed E-state index contributed by atoms with van der Waals surface area (Å²) in [5.74, 6) is -6.49. The van der Waals surface area contributed by atoms with Gasteiger partial charge in [0.2, 0.25) is 0 Å². The van der Waals surface area contributed by atoms with Crippen LogP contribution in [0, 0.1) is 12.7 Å². The Morgan fingerprint density at radius 3 is 2.45 bits per heavy atom. The van der Waals surface area contributed by atoms with Gasteiger partial charge in [0, 0.05) is 23.2 Å². The number of carboxylic acid groups (broad SMARTS) is 1. The molecule has 2 aromatic carbocycles. The van der Waals surface area contributed by atoms with Crippen molar-refractivity contribution in [3.63, 3.8) is 0 Å². The van der Waals surface area contributed by atoms with Gasteiger partial charge < -0.3 is 14.8 Å². The van der Waals surface area contributed by atoms with E-state index < -0.39 is 18.3 Å². The van der Waals surface area contributed by atoms with Crippen LogP contribution in [-0.4, -0.2) is 26.7 Å². The number of nitrogens with zero attached hydrogens (tertiary/aromatic N) is 1. The highest BCUT2D eigenvalue weighted by atomic mass is 19.3. The number of hydrogen-bond donors (Lipinski definition) is 2. The molecular formula is C22H22F3NO3. The van der Waals surface area contributed by atoms with Crippen LogP contribution in [0.4, 0.5) is 13.2 Å². The first-order valence-electron chi connectivity index (χ1n) is 9.27. The zero-order valence-electron chi connectivity index (χ0n) is 16.3. The number of hydrogen-bond acceptors (Lipinski definition) is 2. The zero-order valence-corrected chi connectivity index (χ0v) is 16.3. The predicted molar refractivity (Wildman–Crippen MR) is 105 cm³/mol. The number of phenolic OH excluding ortho intramolecular Hbond substituents is 1. The first-order valence-corrected chi connectivity index (χ1v) is 9.27. The smallest absolute Gasteiger partial charge is 0.374 e. The number of fused-ring (bicyclic) bond motifs is 1. The third-order valence-electron chi connectivity index (χ3n) is 5.04. The molecule has 29 heavy (non-hydrogen) atoms. The van der Waals surface area contributed by atoms with Crippen molar-refractivity contribution in [3.8, 4) is 11.4 Å². The van der Waals surface area contributed by atoms with E-state index in [0.29, 0.717) is 27.7 Å². The summed E-state index contributed by atoms with van der Waals surface area (Å²) in [5, 5.41) is 19.3. The van der Waals surface area contributed by atoms with Crippen LogP contribution in [0.2, 0.25) is 0 Å². The first-order chi connectivity index (χ1) is 13.5. The molecule has 0 fully saturated rings. The minimum Gasteiger partial charge on any atom is -0.508 e. The van der Waals surface area contributed by atoms with Crippen LogP contribution >= 0.6 is 0 Å². The van der Waals surface area contributed by atoms with E-state index in [4.69, 9.17) is 5.11 Å². The summed E-state index contributed by atoms with van der Waals surface area (Å²) in [4.78, 5) is 10.8. The van der Waals surface area contributed by atoms with Gasteiger partial charge in [-0.05, 0) is 66.8 Å². The minimum atomic E-state index is -3.86. The molecule has 1 aromatic heterocycles. The van der Waals surface area contributed by atoms with E-state index in [9.17, 15) is 23.1 Å². The third kappa shape index (κ3) is 3.81. The molecule has 0 aliphatic rings. The molecule has 3 aromatic rings. The van der Waals surface area contributed by atoms with Gasteiger partial charge in [-0.2, -0.15) is 8.78 Å². The summed E-state index contributed by atoms with van der Waals surface area (Å²) in [6.45, 7) is 5.44. The van der Waals surface area contributed by atoms with Crippen molar-refractivity contribution in [2.24, 2.45) is 0 Å². The third-order valence-corrected chi connectivity index (χ3v) is 5.04. The molecule has 0 spiro atoms. The normalized spacial score (nSPS) is 12.1. The number of benzene rings is 2. The fraction of sp³-hybridized carbons (Fsp3) is 0.318. The van der Waals surface area contributed by atoms with E-state index in [-0.39, 0.29) is 23.9 Å². The second-order valence-corrected chi connectivity index (χ2v) is 7.50. The number of aromatic nitrogens is 1. The summed E-state index contributed by atoms with van der Waals surface area (Å²) < 4.78 is 43.2. The van der Waals surface area contributed by atoms with Crippen molar-refractivity contribution in [1.82, 2.24) is 4.57 Å². The quantitative estimate of drug-likeness (QED) is 0.564. The Balaban J connectivity index is 2.27. The number of aromatic hydroxyl groups is 1. The molecule has 1 heterocycles. The Kier molecular flexibility index (Phi) is 5.34. The first kappa shape index (κ1) is 20.8. The molecule has 0 atom stereocenters. The van der Waals surface area contributed by atoms with Gasteiger partial charge in [0.25, 0.3) is 0 Å². The Bertz CT molecular complexity index is 1090. The molecule has 0 aliphatic carbocycles. The van der Waals surface area contributed by atoms with Gasteiger partial charge in [0.15, 0.2) is 0 Å². The van der Waals surface area contributed by atoms with Crippen molar-refractivity contribution >= 4 is 16.9 Å². The molecule has 4 nitrogen and oxygen atoms in total. The van der Waals surface area contributed by atoms with Gasteiger partial charge >= 0.3 is 11.9 Å². The molecular weight excluding hydrogens is 383 g/mol. The molecule has 0 saturated heterocycles. The monoisotopic (exact) mass is 405 g/mol. The number of carboxylic acids is 1. The number of aliphatic carboxylic acids is 1. The van der Waals surface area contributed by atoms with E-state index in [1.165, 1.54) is 18.2 Å². The van der Waals surface area contributed by atoms with Crippen LogP contribution in [0.15, 0.2) is 36.4 Å². The Labute approximate surface area is 166 Å². The van der Waals surface area contributed by atoms with Gasteiger partial charge in [0.05, 0.1) is 5.52 Å². The van der Waals surface area contributed by atoms with Crippen molar-refractivity contribution in [2.45, 2.75) is 45.5 Å². The SMILES string of the molecule is Cc1cc(-n2c(C(C)C)c(CCC(F)(F)C(=O)O)c3cc(O)ccc32)ccc1F. The lowest BCUT2D eigenvalue weighted by atomic mass is 9.97. The second-order valence-electron chi connectivity index (χ2n) is 7.50. The van der Waals surface area contributed by atoms with E-state index in [0.717, 1.165) is 5.69 Å². The van der Waals surface area contributed by atoms with Crippen molar-refractivity contribution < 1.29 is 28.2 Å². The summed E-state index contributed by atoms with van der Waals surface area (Å²) in [6.07, 6.45) is -1.04. The highest BCUT2D eigenvalue weighted by Crippen LogP contribution is 2.38. The van der Waals surface area contributed by atoms with Gasteiger partial charge in [-0.15, -0.1) is 0 Å². The molecule has 0 saturated carbocycles. The Morgan fingerprint density at radius 1 is 1.17 bits per heavy atom. The van der Waals surface area contributed by atoms with E-state index >= 15 is 0 Å². The van der Waals surface area contributed by atoms with Gasteiger partial charge in [0.1, 0.15) is 11.6 Å². The molecule has 2 N–H and O–H groups in total. The molecule has 0 radical (unpaired) electrons. The van der Waals surface area contributed by atoms with Crippen LogP contribution in [0.3, 0.4) is 0 Å². The summed E-state index contributed by atoms with van der Waals surface area (Å²) >= 11 is 0. The highest BCUT2D eigenvalue weighted by Gasteiger charge is 2.38. The van der Waals surface area contributed by atoms with E-state index in [1.54, 1.807) is 25.1 Å². The van der Waals surface area contributed by atoms with Crippen LogP contribution < -0.4 is 0 Å². The zero-order chi connectivity index (χ0) is 21.5. The lowest BCUT2D eigenvalue weighted by molar-refractivity contribution is -0.165. The number of halogens is 3. The fourth-order valence-corrected chi connectivity index (χ4v) is 3.67.